The number of aromatic nitrogens is 3. The van der Waals surface area contributed by atoms with E-state index in [9.17, 15) is 0 Å². The smallest absolute Gasteiger partial charge is 0.0833 e. The fourth-order valence-corrected chi connectivity index (χ4v) is 3.04. The molecule has 19 heavy (non-hydrogen) atoms. The van der Waals surface area contributed by atoms with Crippen LogP contribution in [-0.4, -0.2) is 15.0 Å². The van der Waals surface area contributed by atoms with Gasteiger partial charge in [0.05, 0.1) is 5.69 Å². The summed E-state index contributed by atoms with van der Waals surface area (Å²) in [7, 11) is 0. The summed E-state index contributed by atoms with van der Waals surface area (Å²) in [6.45, 7) is 9.48. The highest BCUT2D eigenvalue weighted by molar-refractivity contribution is 9.10. The van der Waals surface area contributed by atoms with E-state index in [1.54, 1.807) is 0 Å². The molecular formula is C15H20BrN3. The van der Waals surface area contributed by atoms with Gasteiger partial charge in [0, 0.05) is 17.2 Å². The Morgan fingerprint density at radius 2 is 1.95 bits per heavy atom. The van der Waals surface area contributed by atoms with Gasteiger partial charge in [-0.3, -0.25) is 4.68 Å². The van der Waals surface area contributed by atoms with Crippen LogP contribution in [0.4, 0.5) is 0 Å². The monoisotopic (exact) mass is 321 g/mol. The number of hydrogen-bond donors (Lipinski definition) is 0. The van der Waals surface area contributed by atoms with Crippen molar-refractivity contribution >= 4 is 15.9 Å². The molecule has 3 nitrogen and oxygen atoms in total. The third kappa shape index (κ3) is 3.24. The lowest BCUT2D eigenvalue weighted by molar-refractivity contribution is 0.626. The van der Waals surface area contributed by atoms with Crippen molar-refractivity contribution in [2.45, 2.75) is 46.6 Å². The van der Waals surface area contributed by atoms with Crippen LogP contribution in [0.15, 0.2) is 22.8 Å². The molecule has 0 aliphatic carbocycles. The van der Waals surface area contributed by atoms with Gasteiger partial charge in [-0.15, -0.1) is 5.10 Å². The van der Waals surface area contributed by atoms with Crippen LogP contribution in [0, 0.1) is 13.8 Å². The Hall–Kier alpha value is -1.16. The molecular weight excluding hydrogens is 302 g/mol. The molecule has 0 amide bonds. The second-order valence-corrected chi connectivity index (χ2v) is 5.98. The summed E-state index contributed by atoms with van der Waals surface area (Å²) in [6, 6.07) is 4.47. The molecule has 0 aliphatic heterocycles. The largest absolute Gasteiger partial charge is 0.253 e. The maximum atomic E-state index is 4.22. The van der Waals surface area contributed by atoms with E-state index in [0.717, 1.165) is 18.7 Å². The fraction of sp³-hybridized carbons (Fsp3) is 0.467. The second kappa shape index (κ2) is 5.87. The SMILES string of the molecule is CCn1cc(CC(C)c2cc(C)c(C)cc2Br)nn1. The van der Waals surface area contributed by atoms with Crippen LogP contribution in [0.1, 0.15) is 42.1 Å². The van der Waals surface area contributed by atoms with E-state index in [1.165, 1.54) is 21.2 Å². The van der Waals surface area contributed by atoms with Crippen LogP contribution in [-0.2, 0) is 13.0 Å². The molecule has 0 bridgehead atoms. The molecule has 2 aromatic rings. The Labute approximate surface area is 123 Å². The summed E-state index contributed by atoms with van der Waals surface area (Å²) >= 11 is 3.67. The van der Waals surface area contributed by atoms with Crippen molar-refractivity contribution in [3.63, 3.8) is 0 Å². The van der Waals surface area contributed by atoms with E-state index < -0.39 is 0 Å². The second-order valence-electron chi connectivity index (χ2n) is 5.13. The van der Waals surface area contributed by atoms with Gasteiger partial charge in [0.15, 0.2) is 0 Å². The van der Waals surface area contributed by atoms with Gasteiger partial charge in [0.25, 0.3) is 0 Å². The normalized spacial score (nSPS) is 12.7. The van der Waals surface area contributed by atoms with Crippen molar-refractivity contribution in [1.29, 1.82) is 0 Å². The van der Waals surface area contributed by atoms with E-state index in [4.69, 9.17) is 0 Å². The van der Waals surface area contributed by atoms with Gasteiger partial charge in [-0.25, -0.2) is 0 Å². The molecule has 0 spiro atoms. The van der Waals surface area contributed by atoms with E-state index in [1.807, 2.05) is 10.9 Å². The minimum atomic E-state index is 0.427. The first-order valence-corrected chi connectivity index (χ1v) is 7.46. The molecule has 4 heteroatoms. The highest BCUT2D eigenvalue weighted by Crippen LogP contribution is 2.29. The lowest BCUT2D eigenvalue weighted by atomic mass is 9.93. The molecule has 1 aromatic carbocycles. The summed E-state index contributed by atoms with van der Waals surface area (Å²) in [5, 5.41) is 8.31. The molecule has 1 atom stereocenters. The predicted octanol–water partition coefficient (Wildman–Crippen LogP) is 4.02. The first kappa shape index (κ1) is 14.3. The summed E-state index contributed by atoms with van der Waals surface area (Å²) in [5.74, 6) is 0.427. The summed E-state index contributed by atoms with van der Waals surface area (Å²) < 4.78 is 3.06. The van der Waals surface area contributed by atoms with Crippen LogP contribution in [0.5, 0.6) is 0 Å². The van der Waals surface area contributed by atoms with E-state index in [0.29, 0.717) is 5.92 Å². The molecule has 1 unspecified atom stereocenters. The molecule has 0 radical (unpaired) electrons. The van der Waals surface area contributed by atoms with Crippen LogP contribution in [0.3, 0.4) is 0 Å². The maximum absolute atomic E-state index is 4.22. The Balaban J connectivity index is 2.19. The van der Waals surface area contributed by atoms with E-state index >= 15 is 0 Å². The zero-order valence-electron chi connectivity index (χ0n) is 11.9. The lowest BCUT2D eigenvalue weighted by Crippen LogP contribution is -2.01. The first-order valence-electron chi connectivity index (χ1n) is 6.67. The van der Waals surface area contributed by atoms with Crippen molar-refractivity contribution in [2.24, 2.45) is 0 Å². The average Bonchev–Trinajstić information content (AvgIpc) is 2.81. The highest BCUT2D eigenvalue weighted by Gasteiger charge is 2.13. The minimum absolute atomic E-state index is 0.427. The fourth-order valence-electron chi connectivity index (χ4n) is 2.19. The van der Waals surface area contributed by atoms with E-state index in [-0.39, 0.29) is 0 Å². The standard InChI is InChI=1S/C15H20BrN3/c1-5-19-9-13(17-18-19)6-12(4)14-7-10(2)11(3)8-15(14)16/h7-9,12H,5-6H2,1-4H3. The van der Waals surface area contributed by atoms with Gasteiger partial charge >= 0.3 is 0 Å². The summed E-state index contributed by atoms with van der Waals surface area (Å²) in [5.41, 5.74) is 5.05. The molecule has 1 aromatic heterocycles. The predicted molar refractivity (Wildman–Crippen MR) is 81.4 cm³/mol. The number of halogens is 1. The van der Waals surface area contributed by atoms with Gasteiger partial charge in [0.2, 0.25) is 0 Å². The molecule has 2 rings (SSSR count). The van der Waals surface area contributed by atoms with Crippen molar-refractivity contribution < 1.29 is 0 Å². The Morgan fingerprint density at radius 1 is 1.26 bits per heavy atom. The van der Waals surface area contributed by atoms with Crippen molar-refractivity contribution in [3.05, 3.63) is 45.2 Å². The highest BCUT2D eigenvalue weighted by atomic mass is 79.9. The molecule has 1 heterocycles. The minimum Gasteiger partial charge on any atom is -0.253 e. The first-order chi connectivity index (χ1) is 9.01. The Kier molecular flexibility index (Phi) is 4.40. The van der Waals surface area contributed by atoms with Crippen LogP contribution >= 0.6 is 15.9 Å². The quantitative estimate of drug-likeness (QED) is 0.851. The molecule has 0 aliphatic rings. The summed E-state index contributed by atoms with van der Waals surface area (Å²) in [6.07, 6.45) is 2.95. The number of hydrogen-bond acceptors (Lipinski definition) is 2. The lowest BCUT2D eigenvalue weighted by Gasteiger charge is -2.14. The number of nitrogens with zero attached hydrogens (tertiary/aromatic N) is 3. The number of aryl methyl sites for hydroxylation is 3. The van der Waals surface area contributed by atoms with Crippen LogP contribution in [0.25, 0.3) is 0 Å². The average molecular weight is 322 g/mol. The third-order valence-corrected chi connectivity index (χ3v) is 4.26. The zero-order valence-corrected chi connectivity index (χ0v) is 13.5. The van der Waals surface area contributed by atoms with Crippen molar-refractivity contribution in [2.75, 3.05) is 0 Å². The molecule has 0 saturated carbocycles. The maximum Gasteiger partial charge on any atom is 0.0833 e. The van der Waals surface area contributed by atoms with Crippen molar-refractivity contribution in [1.82, 2.24) is 15.0 Å². The van der Waals surface area contributed by atoms with Crippen molar-refractivity contribution in [3.8, 4) is 0 Å². The topological polar surface area (TPSA) is 30.7 Å². The molecule has 102 valence electrons. The Bertz CT molecular complexity index is 575. The van der Waals surface area contributed by atoms with Crippen LogP contribution in [0.2, 0.25) is 0 Å². The number of rotatable bonds is 4. The number of benzene rings is 1. The van der Waals surface area contributed by atoms with Crippen LogP contribution < -0.4 is 0 Å². The van der Waals surface area contributed by atoms with Gasteiger partial charge in [-0.05, 0) is 55.9 Å². The van der Waals surface area contributed by atoms with Gasteiger partial charge in [-0.2, -0.15) is 0 Å². The van der Waals surface area contributed by atoms with Gasteiger partial charge < -0.3 is 0 Å². The van der Waals surface area contributed by atoms with E-state index in [2.05, 4.69) is 66.1 Å². The van der Waals surface area contributed by atoms with Gasteiger partial charge in [-0.1, -0.05) is 34.1 Å². The zero-order chi connectivity index (χ0) is 14.0. The van der Waals surface area contributed by atoms with Gasteiger partial charge in [0.1, 0.15) is 0 Å². The molecule has 0 saturated heterocycles. The third-order valence-electron chi connectivity index (χ3n) is 3.57. The molecule has 0 N–H and O–H groups in total. The molecule has 0 fully saturated rings. The summed E-state index contributed by atoms with van der Waals surface area (Å²) in [4.78, 5) is 0. The Morgan fingerprint density at radius 3 is 2.58 bits per heavy atom.